The third-order valence-electron chi connectivity index (χ3n) is 0.628. The Kier molecular flexibility index (Phi) is 4.45. The molecule has 0 unspecified atom stereocenters. The SMILES string of the molecule is CCCC(=S)C=S. The molecule has 0 aliphatic heterocycles. The van der Waals surface area contributed by atoms with E-state index in [2.05, 4.69) is 19.1 Å². The van der Waals surface area contributed by atoms with Crippen LogP contribution in [0, 0.1) is 0 Å². The molecule has 0 aliphatic carbocycles. The Morgan fingerprint density at radius 3 is 2.43 bits per heavy atom. The Balaban J connectivity index is 3.17. The van der Waals surface area contributed by atoms with Crippen LogP contribution in [0.1, 0.15) is 19.8 Å². The van der Waals surface area contributed by atoms with Gasteiger partial charge in [0, 0.05) is 10.2 Å². The van der Waals surface area contributed by atoms with Gasteiger partial charge in [-0.3, -0.25) is 0 Å². The molecule has 40 valence electrons. The molecule has 0 saturated heterocycles. The molecular formula is C5H8S2. The zero-order valence-electron chi connectivity index (χ0n) is 4.31. The van der Waals surface area contributed by atoms with Gasteiger partial charge < -0.3 is 0 Å². The molecule has 7 heavy (non-hydrogen) atoms. The van der Waals surface area contributed by atoms with Crippen molar-refractivity contribution < 1.29 is 0 Å². The highest BCUT2D eigenvalue weighted by atomic mass is 32.1. The van der Waals surface area contributed by atoms with Crippen molar-refractivity contribution in [3.8, 4) is 0 Å². The van der Waals surface area contributed by atoms with Gasteiger partial charge in [-0.1, -0.05) is 37.8 Å². The van der Waals surface area contributed by atoms with Crippen LogP contribution in [0.5, 0.6) is 0 Å². The minimum atomic E-state index is 0.900. The van der Waals surface area contributed by atoms with Gasteiger partial charge in [-0.2, -0.15) is 0 Å². The first-order chi connectivity index (χ1) is 3.31. The second-order valence-corrected chi connectivity index (χ2v) is 2.09. The largest absolute Gasteiger partial charge is 0.0875 e. The maximum Gasteiger partial charge on any atom is 0.0259 e. The zero-order chi connectivity index (χ0) is 5.70. The molecule has 0 nitrogen and oxygen atoms in total. The molecule has 0 bridgehead atoms. The summed E-state index contributed by atoms with van der Waals surface area (Å²) in [6.07, 6.45) is 2.07. The molecule has 0 saturated carbocycles. The van der Waals surface area contributed by atoms with Crippen molar-refractivity contribution in [2.24, 2.45) is 0 Å². The summed E-state index contributed by atoms with van der Waals surface area (Å²) in [5, 5.41) is 1.57. The van der Waals surface area contributed by atoms with E-state index in [9.17, 15) is 0 Å². The summed E-state index contributed by atoms with van der Waals surface area (Å²) in [5.74, 6) is 0. The number of rotatable bonds is 3. The highest BCUT2D eigenvalue weighted by Crippen LogP contribution is 1.87. The van der Waals surface area contributed by atoms with Crippen molar-refractivity contribution in [1.82, 2.24) is 0 Å². The van der Waals surface area contributed by atoms with Crippen LogP contribution in [0.15, 0.2) is 0 Å². The van der Waals surface area contributed by atoms with Crippen LogP contribution in [0.3, 0.4) is 0 Å². The number of hydrogen-bond donors (Lipinski definition) is 0. The quantitative estimate of drug-likeness (QED) is 0.540. The lowest BCUT2D eigenvalue weighted by Gasteiger charge is -1.85. The molecule has 0 heterocycles. The first kappa shape index (κ1) is 7.18. The van der Waals surface area contributed by atoms with Crippen LogP contribution < -0.4 is 0 Å². The molecule has 0 aliphatic rings. The first-order valence-electron chi connectivity index (χ1n) is 2.29. The lowest BCUT2D eigenvalue weighted by molar-refractivity contribution is 1.01. The van der Waals surface area contributed by atoms with Gasteiger partial charge in [0.15, 0.2) is 0 Å². The Morgan fingerprint density at radius 1 is 1.71 bits per heavy atom. The average Bonchev–Trinajstić information content (AvgIpc) is 1.68. The van der Waals surface area contributed by atoms with Crippen LogP contribution in [0.4, 0.5) is 0 Å². The van der Waals surface area contributed by atoms with Crippen molar-refractivity contribution in [2.45, 2.75) is 19.8 Å². The van der Waals surface area contributed by atoms with Crippen LogP contribution in [-0.4, -0.2) is 10.2 Å². The van der Waals surface area contributed by atoms with E-state index in [1.807, 2.05) is 0 Å². The van der Waals surface area contributed by atoms with Crippen molar-refractivity contribution >= 4 is 34.7 Å². The zero-order valence-corrected chi connectivity index (χ0v) is 5.94. The molecule has 0 fully saturated rings. The highest BCUT2D eigenvalue weighted by molar-refractivity contribution is 7.88. The van der Waals surface area contributed by atoms with Crippen molar-refractivity contribution in [3.05, 3.63) is 0 Å². The van der Waals surface area contributed by atoms with E-state index in [-0.39, 0.29) is 0 Å². The maximum absolute atomic E-state index is 4.79. The smallest absolute Gasteiger partial charge is 0.0259 e. The molecule has 0 aromatic carbocycles. The van der Waals surface area contributed by atoms with Gasteiger partial charge in [0.2, 0.25) is 0 Å². The van der Waals surface area contributed by atoms with E-state index in [1.165, 1.54) is 0 Å². The van der Waals surface area contributed by atoms with Crippen LogP contribution in [0.25, 0.3) is 0 Å². The van der Waals surface area contributed by atoms with Gasteiger partial charge in [-0.15, -0.1) is 0 Å². The molecule has 0 radical (unpaired) electrons. The molecule has 0 aromatic heterocycles. The van der Waals surface area contributed by atoms with Gasteiger partial charge in [0.25, 0.3) is 0 Å². The van der Waals surface area contributed by atoms with E-state index >= 15 is 0 Å². The minimum Gasteiger partial charge on any atom is -0.0875 e. The van der Waals surface area contributed by atoms with E-state index < -0.39 is 0 Å². The molecule has 0 amide bonds. The minimum absolute atomic E-state index is 0.900. The molecule has 2 heteroatoms. The van der Waals surface area contributed by atoms with Crippen LogP contribution in [0.2, 0.25) is 0 Å². The fourth-order valence-corrected chi connectivity index (χ4v) is 0.627. The third kappa shape index (κ3) is 4.02. The summed E-state index contributed by atoms with van der Waals surface area (Å²) in [5.41, 5.74) is 0. The van der Waals surface area contributed by atoms with E-state index in [0.717, 1.165) is 17.7 Å². The Bertz CT molecular complexity index is 76.1. The predicted molar refractivity (Wildman–Crippen MR) is 41.2 cm³/mol. The summed E-state index contributed by atoms with van der Waals surface area (Å²) < 4.78 is 0. The summed E-state index contributed by atoms with van der Waals surface area (Å²) in [7, 11) is 0. The van der Waals surface area contributed by atoms with E-state index in [4.69, 9.17) is 12.2 Å². The standard InChI is InChI=1S/C5H8S2/c1-2-3-5(7)4-6/h4H,2-3H2,1H3. The lowest BCUT2D eigenvalue weighted by Crippen LogP contribution is -1.89. The second kappa shape index (κ2) is 4.34. The molecule has 0 atom stereocenters. The third-order valence-corrected chi connectivity index (χ3v) is 1.38. The molecular weight excluding hydrogens is 124 g/mol. The number of thiocarbonyl (C=S) groups is 2. The lowest BCUT2D eigenvalue weighted by atomic mass is 10.3. The number of hydrogen-bond acceptors (Lipinski definition) is 2. The van der Waals surface area contributed by atoms with Crippen LogP contribution >= 0.6 is 24.4 Å². The molecule has 0 spiro atoms. The fourth-order valence-electron chi connectivity index (χ4n) is 0.305. The summed E-state index contributed by atoms with van der Waals surface area (Å²) >= 11 is 9.37. The van der Waals surface area contributed by atoms with Crippen molar-refractivity contribution in [2.75, 3.05) is 0 Å². The van der Waals surface area contributed by atoms with E-state index in [0.29, 0.717) is 0 Å². The Morgan fingerprint density at radius 2 is 2.29 bits per heavy atom. The topological polar surface area (TPSA) is 0 Å². The summed E-state index contributed by atoms with van der Waals surface area (Å²) in [6.45, 7) is 2.09. The Labute approximate surface area is 54.9 Å². The van der Waals surface area contributed by atoms with Gasteiger partial charge in [0.1, 0.15) is 0 Å². The molecule has 0 rings (SSSR count). The maximum atomic E-state index is 4.79. The second-order valence-electron chi connectivity index (χ2n) is 1.33. The molecule has 0 N–H and O–H groups in total. The summed E-state index contributed by atoms with van der Waals surface area (Å²) in [6, 6.07) is 0. The summed E-state index contributed by atoms with van der Waals surface area (Å²) in [4.78, 5) is 0.900. The van der Waals surface area contributed by atoms with Crippen molar-refractivity contribution in [1.29, 1.82) is 0 Å². The first-order valence-corrected chi connectivity index (χ1v) is 3.17. The fraction of sp³-hybridized carbons (Fsp3) is 0.600. The van der Waals surface area contributed by atoms with Gasteiger partial charge in [-0.05, 0) is 6.42 Å². The van der Waals surface area contributed by atoms with Gasteiger partial charge >= 0.3 is 0 Å². The Hall–Kier alpha value is 0.180. The van der Waals surface area contributed by atoms with Crippen LogP contribution in [-0.2, 0) is 0 Å². The average molecular weight is 132 g/mol. The van der Waals surface area contributed by atoms with Crippen molar-refractivity contribution in [3.63, 3.8) is 0 Å². The molecule has 0 aromatic rings. The predicted octanol–water partition coefficient (Wildman–Crippen LogP) is 2.16. The van der Waals surface area contributed by atoms with E-state index in [1.54, 1.807) is 5.37 Å². The monoisotopic (exact) mass is 132 g/mol. The normalized spacial score (nSPS) is 8.14. The van der Waals surface area contributed by atoms with Gasteiger partial charge in [-0.25, -0.2) is 0 Å². The highest BCUT2D eigenvalue weighted by Gasteiger charge is 1.83. The van der Waals surface area contributed by atoms with Gasteiger partial charge in [0.05, 0.1) is 0 Å².